The van der Waals surface area contributed by atoms with E-state index in [1.165, 1.54) is 0 Å². The van der Waals surface area contributed by atoms with Gasteiger partial charge >= 0.3 is 0 Å². The number of ether oxygens (including phenoxy) is 1. The van der Waals surface area contributed by atoms with Crippen LogP contribution in [0.2, 0.25) is 0 Å². The zero-order chi connectivity index (χ0) is 23.9. The fourth-order valence-electron chi connectivity index (χ4n) is 4.54. The van der Waals surface area contributed by atoms with Gasteiger partial charge in [-0.05, 0) is 42.3 Å². The van der Waals surface area contributed by atoms with Gasteiger partial charge in [0.15, 0.2) is 5.82 Å². The van der Waals surface area contributed by atoms with Crippen molar-refractivity contribution in [3.05, 3.63) is 76.7 Å². The van der Waals surface area contributed by atoms with Crippen molar-refractivity contribution in [3.8, 4) is 0 Å². The first-order valence-electron chi connectivity index (χ1n) is 10.8. The van der Waals surface area contributed by atoms with E-state index in [2.05, 4.69) is 24.8 Å². The molecule has 34 heavy (non-hydrogen) atoms. The van der Waals surface area contributed by atoms with Crippen molar-refractivity contribution >= 4 is 15.8 Å². The quantitative estimate of drug-likeness (QED) is 0.484. The van der Waals surface area contributed by atoms with Crippen LogP contribution in [0.15, 0.2) is 42.7 Å². The normalized spacial score (nSPS) is 23.1. The largest absolute Gasteiger partial charge is 0.370 e. The first-order valence-corrected chi connectivity index (χ1v) is 12.5. The van der Waals surface area contributed by atoms with Crippen LogP contribution in [-0.4, -0.2) is 47.2 Å². The van der Waals surface area contributed by atoms with Crippen LogP contribution in [0.1, 0.15) is 34.9 Å². The number of nitrogens with two attached hydrogens (primary N) is 1. The molecular weight excluding hydrogens is 466 g/mol. The molecule has 0 bridgehead atoms. The van der Waals surface area contributed by atoms with Gasteiger partial charge in [0.1, 0.15) is 17.7 Å². The minimum absolute atomic E-state index is 0.0649. The number of hydrogen-bond donors (Lipinski definition) is 3. The summed E-state index contributed by atoms with van der Waals surface area (Å²) in [5, 5.41) is 7.05. The summed E-state index contributed by atoms with van der Waals surface area (Å²) in [6.07, 6.45) is 2.87. The van der Waals surface area contributed by atoms with Crippen LogP contribution in [0, 0.1) is 11.6 Å². The summed E-state index contributed by atoms with van der Waals surface area (Å²) < 4.78 is 61.5. The molecule has 3 aromatic rings. The van der Waals surface area contributed by atoms with Crippen LogP contribution < -0.4 is 10.5 Å². The predicted octanol–water partition coefficient (Wildman–Crippen LogP) is 2.20. The highest BCUT2D eigenvalue weighted by atomic mass is 32.2. The Kier molecular flexibility index (Phi) is 6.06. The first-order chi connectivity index (χ1) is 16.3. The first kappa shape index (κ1) is 22.8. The Morgan fingerprint density at radius 1 is 1.21 bits per heavy atom. The molecule has 1 fully saturated rings. The van der Waals surface area contributed by atoms with E-state index in [-0.39, 0.29) is 29.8 Å². The second kappa shape index (κ2) is 9.02. The van der Waals surface area contributed by atoms with Crippen LogP contribution >= 0.6 is 0 Å². The molecule has 1 saturated heterocycles. The maximum atomic E-state index is 14.2. The number of H-pyrrole nitrogens is 1. The number of sulfonamides is 1. The Hall–Kier alpha value is -2.93. The lowest BCUT2D eigenvalue weighted by molar-refractivity contribution is -0.0532. The van der Waals surface area contributed by atoms with E-state index in [0.29, 0.717) is 25.1 Å². The van der Waals surface area contributed by atoms with Crippen LogP contribution in [0.4, 0.5) is 14.6 Å². The second-order valence-corrected chi connectivity index (χ2v) is 10.3. The van der Waals surface area contributed by atoms with E-state index in [4.69, 9.17) is 10.5 Å². The van der Waals surface area contributed by atoms with E-state index in [1.807, 2.05) is 0 Å². The van der Waals surface area contributed by atoms with E-state index >= 15 is 0 Å². The van der Waals surface area contributed by atoms with E-state index in [9.17, 15) is 17.2 Å². The number of aromatic nitrogens is 3. The van der Waals surface area contributed by atoms with E-state index < -0.39 is 33.8 Å². The molecular formula is C22H24F2N6O3S. The molecule has 0 unspecified atom stereocenters. The van der Waals surface area contributed by atoms with Crippen molar-refractivity contribution in [2.24, 2.45) is 5.73 Å². The number of halogens is 2. The summed E-state index contributed by atoms with van der Waals surface area (Å²) in [4.78, 5) is 6.01. The summed E-state index contributed by atoms with van der Waals surface area (Å²) in [7, 11) is -3.67. The molecule has 1 aromatic carbocycles. The molecule has 2 aliphatic heterocycles. The number of fused-ring (bicyclic) bond motifs is 1. The zero-order valence-corrected chi connectivity index (χ0v) is 18.9. The van der Waals surface area contributed by atoms with Gasteiger partial charge in [0, 0.05) is 48.7 Å². The molecule has 4 N–H and O–H groups in total. The topological polar surface area (TPSA) is 126 Å². The van der Waals surface area contributed by atoms with Crippen molar-refractivity contribution in [2.75, 3.05) is 11.3 Å². The van der Waals surface area contributed by atoms with Gasteiger partial charge < -0.3 is 10.5 Å². The van der Waals surface area contributed by atoms with Crippen molar-refractivity contribution in [1.82, 2.24) is 20.1 Å². The fourth-order valence-corrected chi connectivity index (χ4v) is 5.71. The molecule has 12 heteroatoms. The molecule has 0 radical (unpaired) electrons. The number of pyridine rings is 1. The van der Waals surface area contributed by atoms with E-state index in [0.717, 1.165) is 29.5 Å². The van der Waals surface area contributed by atoms with Gasteiger partial charge in [-0.3, -0.25) is 19.7 Å². The van der Waals surface area contributed by atoms with Gasteiger partial charge in [0.05, 0.1) is 18.1 Å². The van der Waals surface area contributed by atoms with E-state index in [1.54, 1.807) is 24.5 Å². The number of rotatable bonds is 6. The third-order valence-corrected chi connectivity index (χ3v) is 7.43. The average Bonchev–Trinajstić information content (AvgIpc) is 3.38. The third-order valence-electron chi connectivity index (χ3n) is 6.22. The number of aromatic amines is 1. The molecule has 2 aromatic heterocycles. The standard InChI is InChI=1S/C22H24F2N6O3S/c23-14-1-2-18(24)16(7-14)21-19(25)8-15(11-33-21)30-9-17-20(10-30)27-28-22(17)29-34(31,32)12-13-3-5-26-6-4-13/h1-7,15,19,21H,8-12,25H2,(H2,27,28,29)/t15-,19+,21-/m1/s1. The lowest BCUT2D eigenvalue weighted by Crippen LogP contribution is -2.47. The van der Waals surface area contributed by atoms with Crippen LogP contribution in [0.5, 0.6) is 0 Å². The number of nitrogens with one attached hydrogen (secondary N) is 2. The lowest BCUT2D eigenvalue weighted by atomic mass is 9.93. The molecule has 0 amide bonds. The average molecular weight is 491 g/mol. The molecule has 4 heterocycles. The number of benzene rings is 1. The molecule has 5 rings (SSSR count). The van der Waals surface area contributed by atoms with Gasteiger partial charge in [0.2, 0.25) is 10.0 Å². The Balaban J connectivity index is 1.24. The lowest BCUT2D eigenvalue weighted by Gasteiger charge is -2.38. The highest BCUT2D eigenvalue weighted by Gasteiger charge is 2.38. The van der Waals surface area contributed by atoms with Gasteiger partial charge in [-0.25, -0.2) is 17.2 Å². The van der Waals surface area contributed by atoms with Gasteiger partial charge in [0.25, 0.3) is 0 Å². The molecule has 9 nitrogen and oxygen atoms in total. The zero-order valence-electron chi connectivity index (χ0n) is 18.1. The van der Waals surface area contributed by atoms with Crippen molar-refractivity contribution in [3.63, 3.8) is 0 Å². The van der Waals surface area contributed by atoms with Crippen LogP contribution in [0.3, 0.4) is 0 Å². The van der Waals surface area contributed by atoms with Crippen LogP contribution in [-0.2, 0) is 33.6 Å². The monoisotopic (exact) mass is 490 g/mol. The highest BCUT2D eigenvalue weighted by Crippen LogP contribution is 2.35. The van der Waals surface area contributed by atoms with Crippen molar-refractivity contribution < 1.29 is 21.9 Å². The Bertz CT molecular complexity index is 1290. The van der Waals surface area contributed by atoms with Gasteiger partial charge in [-0.1, -0.05) is 0 Å². The number of nitrogens with zero attached hydrogens (tertiary/aromatic N) is 3. The van der Waals surface area contributed by atoms with Gasteiger partial charge in [-0.15, -0.1) is 0 Å². The summed E-state index contributed by atoms with van der Waals surface area (Å²) in [5.74, 6) is -1.01. The summed E-state index contributed by atoms with van der Waals surface area (Å²) in [6, 6.07) is 5.96. The number of anilines is 1. The molecule has 0 spiro atoms. The fraction of sp³-hybridized carbons (Fsp3) is 0.364. The molecule has 2 aliphatic rings. The molecule has 0 aliphatic carbocycles. The maximum absolute atomic E-state index is 14.2. The summed E-state index contributed by atoms with van der Waals surface area (Å²) in [6.45, 7) is 1.27. The SMILES string of the molecule is N[C@H]1C[C@@H](N2Cc3[nH]nc(NS(=O)(=O)Cc4ccncc4)c3C2)CO[C@@H]1c1cc(F)ccc1F. The smallest absolute Gasteiger partial charge is 0.238 e. The second-order valence-electron chi connectivity index (χ2n) is 8.62. The van der Waals surface area contributed by atoms with Crippen molar-refractivity contribution in [1.29, 1.82) is 0 Å². The molecule has 180 valence electrons. The van der Waals surface area contributed by atoms with Crippen molar-refractivity contribution in [2.45, 2.75) is 43.5 Å². The predicted molar refractivity (Wildman–Crippen MR) is 120 cm³/mol. The summed E-state index contributed by atoms with van der Waals surface area (Å²) >= 11 is 0. The highest BCUT2D eigenvalue weighted by molar-refractivity contribution is 7.91. The molecule has 0 saturated carbocycles. The van der Waals surface area contributed by atoms with Gasteiger partial charge in [-0.2, -0.15) is 5.10 Å². The third kappa shape index (κ3) is 4.67. The Labute approximate surface area is 195 Å². The minimum Gasteiger partial charge on any atom is -0.370 e. The number of hydrogen-bond acceptors (Lipinski definition) is 7. The Morgan fingerprint density at radius 3 is 2.76 bits per heavy atom. The summed E-state index contributed by atoms with van der Waals surface area (Å²) in [5.41, 5.74) is 8.62. The Morgan fingerprint density at radius 2 is 2.00 bits per heavy atom. The minimum atomic E-state index is -3.67. The van der Waals surface area contributed by atoms with Crippen LogP contribution in [0.25, 0.3) is 0 Å². The maximum Gasteiger partial charge on any atom is 0.238 e. The molecule has 3 atom stereocenters.